The van der Waals surface area contributed by atoms with Crippen molar-refractivity contribution < 1.29 is 9.47 Å². The average molecular weight is 265 g/mol. The molecule has 3 heteroatoms. The largest absolute Gasteiger partial charge is 0.493 e. The van der Waals surface area contributed by atoms with Gasteiger partial charge in [-0.2, -0.15) is 0 Å². The fraction of sp³-hybridized carbons (Fsp3) is 0.625. The minimum absolute atomic E-state index is 0.286. The van der Waals surface area contributed by atoms with E-state index in [1.165, 1.54) is 5.56 Å². The minimum atomic E-state index is 0.286. The van der Waals surface area contributed by atoms with Gasteiger partial charge in [0, 0.05) is 6.54 Å². The van der Waals surface area contributed by atoms with Crippen LogP contribution in [0.15, 0.2) is 18.2 Å². The second kappa shape index (κ2) is 7.39. The Balaban J connectivity index is 2.67. The quantitative estimate of drug-likeness (QED) is 0.817. The van der Waals surface area contributed by atoms with Crippen LogP contribution >= 0.6 is 0 Å². The van der Waals surface area contributed by atoms with E-state index in [1.807, 2.05) is 6.07 Å². The number of hydrogen-bond donors (Lipinski definition) is 1. The Hall–Kier alpha value is -1.22. The van der Waals surface area contributed by atoms with Crippen LogP contribution in [0.1, 0.15) is 39.7 Å². The summed E-state index contributed by atoms with van der Waals surface area (Å²) in [6.45, 7) is 11.3. The van der Waals surface area contributed by atoms with Gasteiger partial charge in [0.25, 0.3) is 0 Å². The van der Waals surface area contributed by atoms with Crippen molar-refractivity contribution in [2.45, 2.75) is 40.7 Å². The van der Waals surface area contributed by atoms with E-state index in [9.17, 15) is 0 Å². The van der Waals surface area contributed by atoms with Crippen LogP contribution < -0.4 is 14.8 Å². The zero-order valence-corrected chi connectivity index (χ0v) is 12.9. The third kappa shape index (κ3) is 5.97. The Labute approximate surface area is 117 Å². The molecule has 1 aromatic rings. The summed E-state index contributed by atoms with van der Waals surface area (Å²) in [6, 6.07) is 6.10. The van der Waals surface area contributed by atoms with Gasteiger partial charge in [-0.15, -0.1) is 0 Å². The molecule has 1 N–H and O–H groups in total. The molecular weight excluding hydrogens is 238 g/mol. The van der Waals surface area contributed by atoms with Gasteiger partial charge in [-0.05, 0) is 36.1 Å². The second-order valence-corrected chi connectivity index (χ2v) is 5.92. The minimum Gasteiger partial charge on any atom is -0.493 e. The highest BCUT2D eigenvalue weighted by Gasteiger charge is 2.11. The van der Waals surface area contributed by atoms with E-state index >= 15 is 0 Å². The van der Waals surface area contributed by atoms with E-state index in [1.54, 1.807) is 7.11 Å². The summed E-state index contributed by atoms with van der Waals surface area (Å²) in [5.41, 5.74) is 1.50. The first-order valence-corrected chi connectivity index (χ1v) is 6.96. The van der Waals surface area contributed by atoms with E-state index in [4.69, 9.17) is 9.47 Å². The van der Waals surface area contributed by atoms with Crippen molar-refractivity contribution >= 4 is 0 Å². The van der Waals surface area contributed by atoms with Crippen molar-refractivity contribution in [3.63, 3.8) is 0 Å². The van der Waals surface area contributed by atoms with Crippen LogP contribution in [0.3, 0.4) is 0 Å². The van der Waals surface area contributed by atoms with E-state index < -0.39 is 0 Å². The van der Waals surface area contributed by atoms with E-state index in [0.717, 1.165) is 31.0 Å². The van der Waals surface area contributed by atoms with Gasteiger partial charge in [-0.1, -0.05) is 33.8 Å². The van der Waals surface area contributed by atoms with Gasteiger partial charge in [-0.3, -0.25) is 0 Å². The first-order valence-electron chi connectivity index (χ1n) is 6.96. The molecule has 19 heavy (non-hydrogen) atoms. The van der Waals surface area contributed by atoms with Crippen LogP contribution in [0.25, 0.3) is 0 Å². The van der Waals surface area contributed by atoms with Crippen molar-refractivity contribution in [1.82, 2.24) is 5.32 Å². The maximum atomic E-state index is 5.87. The lowest BCUT2D eigenvalue weighted by atomic mass is 9.93. The van der Waals surface area contributed by atoms with Gasteiger partial charge in [0.1, 0.15) is 0 Å². The SMILES string of the molecule is CCNCc1ccc(OC)c(OCCC(C)(C)C)c1. The standard InChI is InChI=1S/C16H27NO2/c1-6-17-12-13-7-8-14(18-5)15(11-13)19-10-9-16(2,3)4/h7-8,11,17H,6,9-10,12H2,1-5H3. The third-order valence-electron chi connectivity index (χ3n) is 2.92. The van der Waals surface area contributed by atoms with E-state index in [2.05, 4.69) is 45.1 Å². The highest BCUT2D eigenvalue weighted by atomic mass is 16.5. The molecule has 0 unspecified atom stereocenters. The summed E-state index contributed by atoms with van der Waals surface area (Å²) in [5.74, 6) is 1.64. The molecule has 0 fully saturated rings. The van der Waals surface area contributed by atoms with Crippen LogP contribution in [0, 0.1) is 5.41 Å². The highest BCUT2D eigenvalue weighted by molar-refractivity contribution is 5.42. The molecule has 0 saturated carbocycles. The Morgan fingerprint density at radius 1 is 1.16 bits per heavy atom. The lowest BCUT2D eigenvalue weighted by molar-refractivity contribution is 0.234. The zero-order chi connectivity index (χ0) is 14.3. The molecular formula is C16H27NO2. The molecule has 3 nitrogen and oxygen atoms in total. The Kier molecular flexibility index (Phi) is 6.16. The van der Waals surface area contributed by atoms with Crippen molar-refractivity contribution in [1.29, 1.82) is 0 Å². The van der Waals surface area contributed by atoms with E-state index in [-0.39, 0.29) is 5.41 Å². The van der Waals surface area contributed by atoms with Gasteiger partial charge < -0.3 is 14.8 Å². The van der Waals surface area contributed by atoms with Crippen molar-refractivity contribution in [2.75, 3.05) is 20.3 Å². The van der Waals surface area contributed by atoms with Gasteiger partial charge >= 0.3 is 0 Å². The Morgan fingerprint density at radius 3 is 2.47 bits per heavy atom. The molecule has 0 aromatic heterocycles. The smallest absolute Gasteiger partial charge is 0.161 e. The molecule has 0 bridgehead atoms. The summed E-state index contributed by atoms with van der Waals surface area (Å²) in [5, 5.41) is 3.31. The van der Waals surface area contributed by atoms with Crippen LogP contribution in [0.5, 0.6) is 11.5 Å². The maximum absolute atomic E-state index is 5.87. The summed E-state index contributed by atoms with van der Waals surface area (Å²) >= 11 is 0. The number of rotatable bonds is 7. The van der Waals surface area contributed by atoms with Crippen LogP contribution in [-0.2, 0) is 6.54 Å². The Bertz CT molecular complexity index is 383. The fourth-order valence-corrected chi connectivity index (χ4v) is 1.68. The summed E-state index contributed by atoms with van der Waals surface area (Å²) < 4.78 is 11.2. The van der Waals surface area contributed by atoms with Crippen LogP contribution in [0.4, 0.5) is 0 Å². The molecule has 108 valence electrons. The fourth-order valence-electron chi connectivity index (χ4n) is 1.68. The van der Waals surface area contributed by atoms with Gasteiger partial charge in [0.05, 0.1) is 13.7 Å². The molecule has 0 aliphatic rings. The van der Waals surface area contributed by atoms with Crippen molar-refractivity contribution in [3.05, 3.63) is 23.8 Å². The monoisotopic (exact) mass is 265 g/mol. The maximum Gasteiger partial charge on any atom is 0.161 e. The molecule has 0 spiro atoms. The highest BCUT2D eigenvalue weighted by Crippen LogP contribution is 2.29. The third-order valence-corrected chi connectivity index (χ3v) is 2.92. The number of nitrogens with one attached hydrogen (secondary N) is 1. The molecule has 1 rings (SSSR count). The molecule has 0 radical (unpaired) electrons. The number of benzene rings is 1. The summed E-state index contributed by atoms with van der Waals surface area (Å²) in [7, 11) is 1.68. The number of ether oxygens (including phenoxy) is 2. The lowest BCUT2D eigenvalue weighted by Crippen LogP contribution is -2.13. The zero-order valence-electron chi connectivity index (χ0n) is 12.9. The molecule has 0 saturated heterocycles. The van der Waals surface area contributed by atoms with Gasteiger partial charge in [-0.25, -0.2) is 0 Å². The molecule has 0 aliphatic carbocycles. The first kappa shape index (κ1) is 15.8. The molecule has 0 atom stereocenters. The van der Waals surface area contributed by atoms with Crippen LogP contribution in [0.2, 0.25) is 0 Å². The predicted octanol–water partition coefficient (Wildman–Crippen LogP) is 3.62. The molecule has 0 aliphatic heterocycles. The lowest BCUT2D eigenvalue weighted by Gasteiger charge is -2.19. The Morgan fingerprint density at radius 2 is 1.89 bits per heavy atom. The molecule has 0 amide bonds. The predicted molar refractivity (Wildman–Crippen MR) is 79.9 cm³/mol. The average Bonchev–Trinajstić information content (AvgIpc) is 2.35. The van der Waals surface area contributed by atoms with Crippen molar-refractivity contribution in [2.24, 2.45) is 5.41 Å². The van der Waals surface area contributed by atoms with Crippen molar-refractivity contribution in [3.8, 4) is 11.5 Å². The number of methoxy groups -OCH3 is 1. The topological polar surface area (TPSA) is 30.5 Å². The normalized spacial score (nSPS) is 11.4. The summed E-state index contributed by atoms with van der Waals surface area (Å²) in [4.78, 5) is 0. The van der Waals surface area contributed by atoms with Gasteiger partial charge in [0.2, 0.25) is 0 Å². The second-order valence-electron chi connectivity index (χ2n) is 5.92. The van der Waals surface area contributed by atoms with Crippen LogP contribution in [-0.4, -0.2) is 20.3 Å². The van der Waals surface area contributed by atoms with Gasteiger partial charge in [0.15, 0.2) is 11.5 Å². The van der Waals surface area contributed by atoms with E-state index in [0.29, 0.717) is 6.61 Å². The first-order chi connectivity index (χ1) is 8.96. The molecule has 1 aromatic carbocycles. The molecule has 0 heterocycles. The number of hydrogen-bond acceptors (Lipinski definition) is 3. The summed E-state index contributed by atoms with van der Waals surface area (Å²) in [6.07, 6.45) is 1.02.